The molecule has 1 aromatic rings. The Morgan fingerprint density at radius 2 is 2.29 bits per heavy atom. The minimum absolute atomic E-state index is 0.00815. The highest BCUT2D eigenvalue weighted by Gasteiger charge is 2.12. The van der Waals surface area contributed by atoms with E-state index in [1.54, 1.807) is 18.2 Å². The van der Waals surface area contributed by atoms with Gasteiger partial charge in [0, 0.05) is 5.02 Å². The number of ether oxygens (including phenoxy) is 1. The molecule has 1 unspecified atom stereocenters. The van der Waals surface area contributed by atoms with Gasteiger partial charge in [0.25, 0.3) is 0 Å². The van der Waals surface area contributed by atoms with Crippen LogP contribution in [0.2, 0.25) is 5.02 Å². The van der Waals surface area contributed by atoms with E-state index in [0.717, 1.165) is 12.8 Å². The van der Waals surface area contributed by atoms with Gasteiger partial charge in [0.15, 0.2) is 5.84 Å². The number of hydrogen-bond donors (Lipinski definition) is 2. The number of halogens is 1. The fourth-order valence-electron chi connectivity index (χ4n) is 1.54. The highest BCUT2D eigenvalue weighted by atomic mass is 35.5. The first-order valence-corrected chi connectivity index (χ1v) is 5.90. The Morgan fingerprint density at radius 3 is 2.88 bits per heavy atom. The largest absolute Gasteiger partial charge is 0.490 e. The third kappa shape index (κ3) is 3.82. The van der Waals surface area contributed by atoms with E-state index < -0.39 is 0 Å². The van der Waals surface area contributed by atoms with Crippen LogP contribution in [-0.2, 0) is 0 Å². The summed E-state index contributed by atoms with van der Waals surface area (Å²) in [7, 11) is 0. The average Bonchev–Trinajstić information content (AvgIpc) is 2.30. The second kappa shape index (κ2) is 6.35. The lowest BCUT2D eigenvalue weighted by molar-refractivity contribution is 0.209. The van der Waals surface area contributed by atoms with Crippen LogP contribution in [0.4, 0.5) is 0 Å². The molecule has 3 N–H and O–H groups in total. The number of amidine groups is 1. The molecule has 4 nitrogen and oxygen atoms in total. The zero-order valence-corrected chi connectivity index (χ0v) is 10.7. The molecule has 1 aromatic carbocycles. The molecule has 17 heavy (non-hydrogen) atoms. The SMILES string of the molecule is CCCC(C)Oc1ccc(Cl)cc1/C(N)=N/O. The summed E-state index contributed by atoms with van der Waals surface area (Å²) in [5.74, 6) is 0.567. The standard InChI is InChI=1S/C12H17ClN2O2/c1-3-4-8(2)17-11-6-5-9(13)7-10(11)12(14)15-16/h5-8,16H,3-4H2,1-2H3,(H2,14,15). The molecule has 0 radical (unpaired) electrons. The summed E-state index contributed by atoms with van der Waals surface area (Å²) in [6.07, 6.45) is 2.05. The molecule has 0 aromatic heterocycles. The van der Waals surface area contributed by atoms with Gasteiger partial charge in [-0.3, -0.25) is 0 Å². The van der Waals surface area contributed by atoms with Crippen LogP contribution in [0, 0.1) is 0 Å². The predicted molar refractivity (Wildman–Crippen MR) is 69.0 cm³/mol. The van der Waals surface area contributed by atoms with Gasteiger partial charge in [-0.2, -0.15) is 0 Å². The predicted octanol–water partition coefficient (Wildman–Crippen LogP) is 3.00. The summed E-state index contributed by atoms with van der Waals surface area (Å²) in [6.45, 7) is 4.07. The number of hydrogen-bond acceptors (Lipinski definition) is 3. The second-order valence-electron chi connectivity index (χ2n) is 3.84. The van der Waals surface area contributed by atoms with Crippen molar-refractivity contribution in [1.29, 1.82) is 0 Å². The van der Waals surface area contributed by atoms with E-state index in [9.17, 15) is 0 Å². The fraction of sp³-hybridized carbons (Fsp3) is 0.417. The van der Waals surface area contributed by atoms with Crippen molar-refractivity contribution in [3.8, 4) is 5.75 Å². The van der Waals surface area contributed by atoms with Crippen molar-refractivity contribution in [2.75, 3.05) is 0 Å². The third-order valence-electron chi connectivity index (χ3n) is 2.35. The number of rotatable bonds is 5. The Morgan fingerprint density at radius 1 is 1.59 bits per heavy atom. The first-order chi connectivity index (χ1) is 8.08. The molecule has 1 atom stereocenters. The Bertz CT molecular complexity index is 407. The van der Waals surface area contributed by atoms with E-state index >= 15 is 0 Å². The van der Waals surface area contributed by atoms with Crippen molar-refractivity contribution in [2.24, 2.45) is 10.9 Å². The van der Waals surface area contributed by atoms with Gasteiger partial charge >= 0.3 is 0 Å². The topological polar surface area (TPSA) is 67.8 Å². The molecule has 0 saturated heterocycles. The molecular weight excluding hydrogens is 240 g/mol. The van der Waals surface area contributed by atoms with Crippen LogP contribution in [0.5, 0.6) is 5.75 Å². The number of nitrogens with two attached hydrogens (primary N) is 1. The quantitative estimate of drug-likeness (QED) is 0.368. The maximum atomic E-state index is 8.71. The van der Waals surface area contributed by atoms with Gasteiger partial charge in [-0.05, 0) is 31.5 Å². The van der Waals surface area contributed by atoms with Gasteiger partial charge in [0.1, 0.15) is 5.75 Å². The van der Waals surface area contributed by atoms with Crippen LogP contribution in [0.1, 0.15) is 32.3 Å². The van der Waals surface area contributed by atoms with E-state index in [0.29, 0.717) is 16.3 Å². The number of benzene rings is 1. The Balaban J connectivity index is 2.98. The van der Waals surface area contributed by atoms with Crippen LogP contribution in [-0.4, -0.2) is 17.1 Å². The molecule has 94 valence electrons. The molecular formula is C12H17ClN2O2. The average molecular weight is 257 g/mol. The van der Waals surface area contributed by atoms with Crippen LogP contribution >= 0.6 is 11.6 Å². The minimum Gasteiger partial charge on any atom is -0.490 e. The Hall–Kier alpha value is -1.42. The molecule has 5 heteroatoms. The summed E-state index contributed by atoms with van der Waals surface area (Å²) in [5.41, 5.74) is 6.08. The summed E-state index contributed by atoms with van der Waals surface area (Å²) < 4.78 is 5.73. The normalized spacial score (nSPS) is 13.5. The van der Waals surface area contributed by atoms with Crippen molar-refractivity contribution in [2.45, 2.75) is 32.8 Å². The summed E-state index contributed by atoms with van der Waals surface area (Å²) in [4.78, 5) is 0. The third-order valence-corrected chi connectivity index (χ3v) is 2.58. The van der Waals surface area contributed by atoms with Crippen molar-refractivity contribution in [1.82, 2.24) is 0 Å². The summed E-state index contributed by atoms with van der Waals surface area (Å²) >= 11 is 5.87. The van der Waals surface area contributed by atoms with Gasteiger partial charge in [0.05, 0.1) is 11.7 Å². The molecule has 0 saturated carbocycles. The van der Waals surface area contributed by atoms with E-state index in [4.69, 9.17) is 27.3 Å². The van der Waals surface area contributed by atoms with Crippen molar-refractivity contribution in [3.63, 3.8) is 0 Å². The van der Waals surface area contributed by atoms with E-state index in [2.05, 4.69) is 12.1 Å². The molecule has 0 aliphatic carbocycles. The first-order valence-electron chi connectivity index (χ1n) is 5.52. The van der Waals surface area contributed by atoms with Gasteiger partial charge in [-0.1, -0.05) is 30.1 Å². The maximum absolute atomic E-state index is 8.71. The van der Waals surface area contributed by atoms with E-state index in [-0.39, 0.29) is 11.9 Å². The van der Waals surface area contributed by atoms with Gasteiger partial charge in [-0.25, -0.2) is 0 Å². The number of oxime groups is 1. The lowest BCUT2D eigenvalue weighted by Crippen LogP contribution is -2.18. The highest BCUT2D eigenvalue weighted by molar-refractivity contribution is 6.31. The Kier molecular flexibility index (Phi) is 5.10. The van der Waals surface area contributed by atoms with Crippen molar-refractivity contribution in [3.05, 3.63) is 28.8 Å². The first kappa shape index (κ1) is 13.6. The Labute approximate surface area is 106 Å². The van der Waals surface area contributed by atoms with Crippen molar-refractivity contribution < 1.29 is 9.94 Å². The molecule has 0 bridgehead atoms. The smallest absolute Gasteiger partial charge is 0.173 e. The van der Waals surface area contributed by atoms with Crippen LogP contribution in [0.15, 0.2) is 23.4 Å². The van der Waals surface area contributed by atoms with Crippen LogP contribution in [0.3, 0.4) is 0 Å². The summed E-state index contributed by atoms with van der Waals surface area (Å²) in [5, 5.41) is 12.2. The zero-order chi connectivity index (χ0) is 12.8. The summed E-state index contributed by atoms with van der Waals surface area (Å²) in [6, 6.07) is 5.05. The minimum atomic E-state index is -0.00815. The van der Waals surface area contributed by atoms with Crippen LogP contribution in [0.25, 0.3) is 0 Å². The molecule has 0 aliphatic heterocycles. The molecule has 0 amide bonds. The molecule has 0 spiro atoms. The lowest BCUT2D eigenvalue weighted by Gasteiger charge is -2.16. The second-order valence-corrected chi connectivity index (χ2v) is 4.28. The number of nitrogens with zero attached hydrogens (tertiary/aromatic N) is 1. The highest BCUT2D eigenvalue weighted by Crippen LogP contribution is 2.24. The molecule has 1 rings (SSSR count). The van der Waals surface area contributed by atoms with E-state index in [1.165, 1.54) is 0 Å². The molecule has 0 fully saturated rings. The van der Waals surface area contributed by atoms with Gasteiger partial charge < -0.3 is 15.7 Å². The fourth-order valence-corrected chi connectivity index (χ4v) is 1.71. The molecule has 0 aliphatic rings. The van der Waals surface area contributed by atoms with E-state index in [1.807, 2.05) is 6.92 Å². The van der Waals surface area contributed by atoms with Crippen LogP contribution < -0.4 is 10.5 Å². The lowest BCUT2D eigenvalue weighted by atomic mass is 10.1. The monoisotopic (exact) mass is 256 g/mol. The maximum Gasteiger partial charge on any atom is 0.173 e. The van der Waals surface area contributed by atoms with Gasteiger partial charge in [0.2, 0.25) is 0 Å². The van der Waals surface area contributed by atoms with Gasteiger partial charge in [-0.15, -0.1) is 0 Å². The van der Waals surface area contributed by atoms with Crippen molar-refractivity contribution >= 4 is 17.4 Å². The molecule has 0 heterocycles. The zero-order valence-electron chi connectivity index (χ0n) is 9.98.